The summed E-state index contributed by atoms with van der Waals surface area (Å²) in [5, 5.41) is 0.649. The second-order valence-electron chi connectivity index (χ2n) is 7.61. The van der Waals surface area contributed by atoms with Crippen molar-refractivity contribution < 1.29 is 4.79 Å². The molecule has 1 aliphatic heterocycles. The number of hydrogen-bond donors (Lipinski definition) is 0. The molecule has 30 heavy (non-hydrogen) atoms. The largest absolute Gasteiger partial charge is 0.368 e. The molecule has 1 aromatic carbocycles. The van der Waals surface area contributed by atoms with Crippen LogP contribution in [0.25, 0.3) is 15.9 Å². The van der Waals surface area contributed by atoms with Crippen LogP contribution in [0.2, 0.25) is 0 Å². The molecule has 1 amide bonds. The molecule has 0 aliphatic carbocycles. The zero-order valence-corrected chi connectivity index (χ0v) is 17.8. The van der Waals surface area contributed by atoms with Gasteiger partial charge in [0.25, 0.3) is 11.5 Å². The summed E-state index contributed by atoms with van der Waals surface area (Å²) in [7, 11) is 0. The Balaban J connectivity index is 1.48. The fraction of sp³-hybridized carbons (Fsp3) is 0.261. The van der Waals surface area contributed by atoms with Crippen LogP contribution in [0.1, 0.15) is 20.8 Å². The van der Waals surface area contributed by atoms with E-state index in [1.165, 1.54) is 21.4 Å². The molecule has 1 fully saturated rings. The number of anilines is 1. The van der Waals surface area contributed by atoms with Gasteiger partial charge in [-0.1, -0.05) is 18.2 Å². The Morgan fingerprint density at radius 2 is 1.73 bits per heavy atom. The smallest absolute Gasteiger partial charge is 0.266 e. The van der Waals surface area contributed by atoms with E-state index in [1.54, 1.807) is 18.3 Å². The third-order valence-electron chi connectivity index (χ3n) is 5.89. The SMILES string of the molecule is Cc1sc2nc3c(C(=O)N4CCN(c5ccccc5)CC4)cccn3c(=O)c2c1C. The van der Waals surface area contributed by atoms with Gasteiger partial charge in [0.2, 0.25) is 0 Å². The predicted octanol–water partition coefficient (Wildman–Crippen LogP) is 3.49. The number of hydrogen-bond acceptors (Lipinski definition) is 5. The van der Waals surface area contributed by atoms with Crippen LogP contribution in [0, 0.1) is 13.8 Å². The number of rotatable bonds is 2. The molecule has 6 nitrogen and oxygen atoms in total. The molecule has 0 spiro atoms. The Morgan fingerprint density at radius 3 is 2.47 bits per heavy atom. The molecule has 0 atom stereocenters. The normalized spacial score (nSPS) is 14.6. The summed E-state index contributed by atoms with van der Waals surface area (Å²) in [4.78, 5) is 37.0. The van der Waals surface area contributed by atoms with Crippen LogP contribution in [0.4, 0.5) is 5.69 Å². The number of thiophene rings is 1. The van der Waals surface area contributed by atoms with E-state index in [4.69, 9.17) is 4.98 Å². The van der Waals surface area contributed by atoms with E-state index in [9.17, 15) is 9.59 Å². The van der Waals surface area contributed by atoms with Crippen LogP contribution in [-0.4, -0.2) is 46.4 Å². The molecular weight excluding hydrogens is 396 g/mol. The number of carbonyl (C=O) groups is 1. The van der Waals surface area contributed by atoms with Gasteiger partial charge in [0, 0.05) is 42.9 Å². The molecule has 5 rings (SSSR count). The second-order valence-corrected chi connectivity index (χ2v) is 8.81. The summed E-state index contributed by atoms with van der Waals surface area (Å²) in [5.41, 5.74) is 2.95. The van der Waals surface area contributed by atoms with Gasteiger partial charge in [-0.2, -0.15) is 0 Å². The van der Waals surface area contributed by atoms with Gasteiger partial charge in [-0.25, -0.2) is 4.98 Å². The topological polar surface area (TPSA) is 57.9 Å². The number of pyridine rings is 1. The summed E-state index contributed by atoms with van der Waals surface area (Å²) in [6.45, 7) is 6.78. The lowest BCUT2D eigenvalue weighted by Gasteiger charge is -2.36. The molecule has 152 valence electrons. The van der Waals surface area contributed by atoms with Crippen LogP contribution in [-0.2, 0) is 0 Å². The molecule has 3 aromatic heterocycles. The van der Waals surface area contributed by atoms with Crippen LogP contribution < -0.4 is 10.5 Å². The van der Waals surface area contributed by atoms with E-state index in [2.05, 4.69) is 17.0 Å². The molecule has 4 heterocycles. The minimum Gasteiger partial charge on any atom is -0.368 e. The second kappa shape index (κ2) is 7.25. The number of para-hydroxylation sites is 1. The van der Waals surface area contributed by atoms with Crippen LogP contribution >= 0.6 is 11.3 Å². The predicted molar refractivity (Wildman–Crippen MR) is 121 cm³/mol. The number of amides is 1. The first-order chi connectivity index (χ1) is 14.5. The minimum absolute atomic E-state index is 0.0722. The Labute approximate surface area is 178 Å². The number of aryl methyl sites for hydroxylation is 2. The van der Waals surface area contributed by atoms with Crippen molar-refractivity contribution >= 4 is 38.8 Å². The van der Waals surface area contributed by atoms with E-state index in [0.29, 0.717) is 34.5 Å². The Kier molecular flexibility index (Phi) is 4.55. The zero-order valence-electron chi connectivity index (χ0n) is 17.0. The fourth-order valence-corrected chi connectivity index (χ4v) is 5.10. The lowest BCUT2D eigenvalue weighted by molar-refractivity contribution is 0.0748. The highest BCUT2D eigenvalue weighted by Gasteiger charge is 2.25. The first-order valence-corrected chi connectivity index (χ1v) is 10.9. The van der Waals surface area contributed by atoms with Crippen LogP contribution in [0.5, 0.6) is 0 Å². The Morgan fingerprint density at radius 1 is 1.00 bits per heavy atom. The standard InChI is InChI=1S/C23H22N4O2S/c1-15-16(2)30-21-19(15)23(29)27-10-6-9-18(20(27)24-21)22(28)26-13-11-25(12-14-26)17-7-4-3-5-8-17/h3-10H,11-14H2,1-2H3. The third-order valence-corrected chi connectivity index (χ3v) is 6.99. The molecule has 0 N–H and O–H groups in total. The van der Waals surface area contributed by atoms with Gasteiger partial charge < -0.3 is 9.80 Å². The summed E-state index contributed by atoms with van der Waals surface area (Å²) in [6.07, 6.45) is 1.70. The van der Waals surface area contributed by atoms with Crippen LogP contribution in [0.15, 0.2) is 53.5 Å². The van der Waals surface area contributed by atoms with Gasteiger partial charge in [0.05, 0.1) is 10.9 Å². The van der Waals surface area contributed by atoms with Crippen molar-refractivity contribution in [2.24, 2.45) is 0 Å². The number of carbonyl (C=O) groups excluding carboxylic acids is 1. The molecule has 0 bridgehead atoms. The van der Waals surface area contributed by atoms with Crippen LogP contribution in [0.3, 0.4) is 0 Å². The summed E-state index contributed by atoms with van der Waals surface area (Å²) < 4.78 is 1.51. The van der Waals surface area contributed by atoms with E-state index in [0.717, 1.165) is 23.5 Å². The number of fused-ring (bicyclic) bond motifs is 2. The lowest BCUT2D eigenvalue weighted by Crippen LogP contribution is -2.49. The van der Waals surface area contributed by atoms with Gasteiger partial charge in [-0.3, -0.25) is 14.0 Å². The van der Waals surface area contributed by atoms with Crippen molar-refractivity contribution in [1.29, 1.82) is 0 Å². The highest BCUT2D eigenvalue weighted by atomic mass is 32.1. The van der Waals surface area contributed by atoms with E-state index in [1.807, 2.05) is 36.9 Å². The monoisotopic (exact) mass is 418 g/mol. The number of benzene rings is 1. The molecule has 7 heteroatoms. The quantitative estimate of drug-likeness (QED) is 0.500. The molecule has 1 aliphatic rings. The van der Waals surface area contributed by atoms with E-state index < -0.39 is 0 Å². The van der Waals surface area contributed by atoms with Crippen molar-refractivity contribution in [3.63, 3.8) is 0 Å². The molecule has 1 saturated heterocycles. The van der Waals surface area contributed by atoms with Crippen molar-refractivity contribution in [2.75, 3.05) is 31.1 Å². The number of piperazine rings is 1. The first kappa shape index (κ1) is 18.8. The average molecular weight is 419 g/mol. The molecular formula is C23H22N4O2S. The molecule has 4 aromatic rings. The third kappa shape index (κ3) is 2.97. The van der Waals surface area contributed by atoms with Crippen molar-refractivity contribution in [3.05, 3.63) is 75.0 Å². The summed E-state index contributed by atoms with van der Waals surface area (Å²) in [5.74, 6) is -0.0722. The average Bonchev–Trinajstić information content (AvgIpc) is 3.07. The summed E-state index contributed by atoms with van der Waals surface area (Å²) >= 11 is 1.51. The van der Waals surface area contributed by atoms with E-state index >= 15 is 0 Å². The first-order valence-electron chi connectivity index (χ1n) is 10.0. The molecule has 0 radical (unpaired) electrons. The lowest BCUT2D eigenvalue weighted by atomic mass is 10.1. The van der Waals surface area contributed by atoms with Gasteiger partial charge in [0.15, 0.2) is 5.65 Å². The van der Waals surface area contributed by atoms with Gasteiger partial charge >= 0.3 is 0 Å². The fourth-order valence-electron chi connectivity index (χ4n) is 4.08. The highest BCUT2D eigenvalue weighted by molar-refractivity contribution is 7.18. The van der Waals surface area contributed by atoms with Crippen molar-refractivity contribution in [2.45, 2.75) is 13.8 Å². The van der Waals surface area contributed by atoms with Gasteiger partial charge in [-0.05, 0) is 43.7 Å². The van der Waals surface area contributed by atoms with Gasteiger partial charge in [0.1, 0.15) is 4.83 Å². The van der Waals surface area contributed by atoms with Crippen molar-refractivity contribution in [1.82, 2.24) is 14.3 Å². The van der Waals surface area contributed by atoms with Gasteiger partial charge in [-0.15, -0.1) is 11.3 Å². The maximum atomic E-state index is 13.3. The maximum Gasteiger partial charge on any atom is 0.266 e. The van der Waals surface area contributed by atoms with E-state index in [-0.39, 0.29) is 11.5 Å². The zero-order chi connectivity index (χ0) is 20.8. The number of aromatic nitrogens is 2. The molecule has 0 unspecified atom stereocenters. The van der Waals surface area contributed by atoms with Crippen molar-refractivity contribution in [3.8, 4) is 0 Å². The number of nitrogens with zero attached hydrogens (tertiary/aromatic N) is 4. The maximum absolute atomic E-state index is 13.3. The minimum atomic E-state index is -0.111. The Bertz CT molecular complexity index is 1320. The molecule has 0 saturated carbocycles. The Hall–Kier alpha value is -3.19. The highest BCUT2D eigenvalue weighted by Crippen LogP contribution is 2.27. The summed E-state index contributed by atoms with van der Waals surface area (Å²) in [6, 6.07) is 13.8.